The van der Waals surface area contributed by atoms with Crippen LogP contribution in [0.25, 0.3) is 0 Å². The van der Waals surface area contributed by atoms with E-state index in [2.05, 4.69) is 5.32 Å². The summed E-state index contributed by atoms with van der Waals surface area (Å²) in [4.78, 5) is 29.0. The highest BCUT2D eigenvalue weighted by atomic mass is 32.2. The molecule has 0 aliphatic rings. The summed E-state index contributed by atoms with van der Waals surface area (Å²) < 4.78 is 34.1. The molecular weight excluding hydrogens is 526 g/mol. The molecule has 0 spiro atoms. The first-order valence-electron chi connectivity index (χ1n) is 13.5. The molecule has 40 heavy (non-hydrogen) atoms. The number of benzene rings is 3. The van der Waals surface area contributed by atoms with Crippen LogP contribution in [0.5, 0.6) is 5.75 Å². The van der Waals surface area contributed by atoms with Gasteiger partial charge in [0.15, 0.2) is 0 Å². The van der Waals surface area contributed by atoms with Crippen molar-refractivity contribution in [3.63, 3.8) is 0 Å². The molecule has 0 bridgehead atoms. The second-order valence-corrected chi connectivity index (χ2v) is 11.6. The van der Waals surface area contributed by atoms with Gasteiger partial charge in [-0.15, -0.1) is 0 Å². The summed E-state index contributed by atoms with van der Waals surface area (Å²) >= 11 is 0. The number of nitrogens with one attached hydrogen (secondary N) is 1. The van der Waals surface area contributed by atoms with Crippen LogP contribution in [0.2, 0.25) is 0 Å². The lowest BCUT2D eigenvalue weighted by atomic mass is 10.1. The molecule has 2 amide bonds. The van der Waals surface area contributed by atoms with E-state index in [1.165, 1.54) is 24.1 Å². The van der Waals surface area contributed by atoms with Crippen molar-refractivity contribution in [3.05, 3.63) is 90.0 Å². The molecule has 9 heteroatoms. The van der Waals surface area contributed by atoms with E-state index in [1.54, 1.807) is 42.5 Å². The summed E-state index contributed by atoms with van der Waals surface area (Å²) in [5, 5.41) is 2.99. The van der Waals surface area contributed by atoms with Crippen molar-refractivity contribution in [1.29, 1.82) is 0 Å². The van der Waals surface area contributed by atoms with Gasteiger partial charge < -0.3 is 15.0 Å². The van der Waals surface area contributed by atoms with E-state index in [1.807, 2.05) is 52.0 Å². The quantitative estimate of drug-likeness (QED) is 0.317. The molecule has 2 atom stereocenters. The first kappa shape index (κ1) is 30.7. The zero-order chi connectivity index (χ0) is 29.3. The molecule has 0 fully saturated rings. The third-order valence-corrected chi connectivity index (χ3v) is 8.75. The van der Waals surface area contributed by atoms with Gasteiger partial charge in [-0.3, -0.25) is 13.9 Å². The van der Waals surface area contributed by atoms with Crippen LogP contribution in [-0.2, 0) is 26.2 Å². The number of carbonyl (C=O) groups is 2. The van der Waals surface area contributed by atoms with Gasteiger partial charge in [0.25, 0.3) is 10.0 Å². The Morgan fingerprint density at radius 2 is 1.52 bits per heavy atom. The van der Waals surface area contributed by atoms with Crippen LogP contribution in [0.1, 0.15) is 44.7 Å². The first-order chi connectivity index (χ1) is 19.1. The lowest BCUT2D eigenvalue weighted by molar-refractivity contribution is -0.140. The molecule has 214 valence electrons. The van der Waals surface area contributed by atoms with Gasteiger partial charge in [0.1, 0.15) is 18.3 Å². The molecule has 3 aromatic carbocycles. The molecule has 3 rings (SSSR count). The van der Waals surface area contributed by atoms with E-state index in [-0.39, 0.29) is 23.4 Å². The fourth-order valence-electron chi connectivity index (χ4n) is 4.33. The topological polar surface area (TPSA) is 96.0 Å². The number of rotatable bonds is 13. The fourth-order valence-corrected chi connectivity index (χ4v) is 5.74. The van der Waals surface area contributed by atoms with Gasteiger partial charge in [-0.25, -0.2) is 8.42 Å². The summed E-state index contributed by atoms with van der Waals surface area (Å²) in [6.07, 6.45) is 1.12. The number of aryl methyl sites for hydroxylation is 1. The largest absolute Gasteiger partial charge is 0.497 e. The van der Waals surface area contributed by atoms with Gasteiger partial charge in [0.2, 0.25) is 11.8 Å². The van der Waals surface area contributed by atoms with Crippen LogP contribution in [-0.4, -0.2) is 50.9 Å². The predicted molar refractivity (Wildman–Crippen MR) is 158 cm³/mol. The lowest BCUT2D eigenvalue weighted by Gasteiger charge is -2.34. The van der Waals surface area contributed by atoms with Crippen LogP contribution >= 0.6 is 0 Å². The van der Waals surface area contributed by atoms with Crippen molar-refractivity contribution in [1.82, 2.24) is 10.2 Å². The highest BCUT2D eigenvalue weighted by Gasteiger charge is 2.34. The van der Waals surface area contributed by atoms with Crippen molar-refractivity contribution in [2.24, 2.45) is 0 Å². The van der Waals surface area contributed by atoms with Gasteiger partial charge in [-0.1, -0.05) is 56.3 Å². The van der Waals surface area contributed by atoms with Gasteiger partial charge in [0.05, 0.1) is 17.7 Å². The standard InChI is InChI=1S/C31H39N3O5S/c1-6-24(4)32-31(36)29(7-2)33(21-25-14-12-11-13-23(25)3)30(35)22-34(26-15-9-8-10-16-26)40(37,38)28-19-17-27(39-5)18-20-28/h8-20,24,29H,6-7,21-22H2,1-5H3,(H,32,36). The molecule has 3 aromatic rings. The van der Waals surface area contributed by atoms with Gasteiger partial charge in [-0.2, -0.15) is 0 Å². The number of para-hydroxylation sites is 1. The number of amides is 2. The second-order valence-electron chi connectivity index (χ2n) is 9.71. The first-order valence-corrected chi connectivity index (χ1v) is 14.9. The molecule has 0 heterocycles. The van der Waals surface area contributed by atoms with Crippen LogP contribution in [0, 0.1) is 6.92 Å². The Bertz CT molecular complexity index is 1380. The Hall–Kier alpha value is -3.85. The molecule has 0 aliphatic carbocycles. The Labute approximate surface area is 238 Å². The number of hydrogen-bond acceptors (Lipinski definition) is 5. The van der Waals surface area contributed by atoms with Gasteiger partial charge >= 0.3 is 0 Å². The highest BCUT2D eigenvalue weighted by molar-refractivity contribution is 7.92. The van der Waals surface area contributed by atoms with Crippen molar-refractivity contribution in [2.75, 3.05) is 18.0 Å². The highest BCUT2D eigenvalue weighted by Crippen LogP contribution is 2.26. The third kappa shape index (κ3) is 7.41. The Kier molecular flexibility index (Phi) is 10.7. The van der Waals surface area contributed by atoms with Crippen LogP contribution in [0.4, 0.5) is 5.69 Å². The maximum Gasteiger partial charge on any atom is 0.264 e. The Morgan fingerprint density at radius 3 is 2.10 bits per heavy atom. The zero-order valence-electron chi connectivity index (χ0n) is 23.8. The number of sulfonamides is 1. The second kappa shape index (κ2) is 14.0. The molecule has 0 aliphatic heterocycles. The minimum Gasteiger partial charge on any atom is -0.497 e. The van der Waals surface area contributed by atoms with Gasteiger partial charge in [0, 0.05) is 12.6 Å². The number of ether oxygens (including phenoxy) is 1. The van der Waals surface area contributed by atoms with E-state index in [9.17, 15) is 18.0 Å². The minimum absolute atomic E-state index is 0.0250. The average molecular weight is 566 g/mol. The zero-order valence-corrected chi connectivity index (χ0v) is 24.6. The molecule has 0 saturated heterocycles. The summed E-state index contributed by atoms with van der Waals surface area (Å²) in [5.41, 5.74) is 2.21. The Balaban J connectivity index is 2.04. The maximum atomic E-state index is 14.1. The number of methoxy groups -OCH3 is 1. The summed E-state index contributed by atoms with van der Waals surface area (Å²) in [7, 11) is -2.63. The number of nitrogens with zero attached hydrogens (tertiary/aromatic N) is 2. The molecular formula is C31H39N3O5S. The van der Waals surface area contributed by atoms with Crippen molar-refractivity contribution >= 4 is 27.5 Å². The predicted octanol–water partition coefficient (Wildman–Crippen LogP) is 4.92. The minimum atomic E-state index is -4.13. The van der Waals surface area contributed by atoms with Gasteiger partial charge in [-0.05, 0) is 74.2 Å². The van der Waals surface area contributed by atoms with Crippen LogP contribution < -0.4 is 14.4 Å². The normalized spacial score (nSPS) is 12.7. The molecule has 2 unspecified atom stereocenters. The van der Waals surface area contributed by atoms with E-state index in [0.29, 0.717) is 17.9 Å². The fraction of sp³-hybridized carbons (Fsp3) is 0.355. The maximum absolute atomic E-state index is 14.1. The summed E-state index contributed by atoms with van der Waals surface area (Å²) in [6.45, 7) is 7.38. The molecule has 0 aromatic heterocycles. The average Bonchev–Trinajstić information content (AvgIpc) is 2.96. The lowest BCUT2D eigenvalue weighted by Crippen LogP contribution is -2.53. The number of carbonyl (C=O) groups excluding carboxylic acids is 2. The summed E-state index contributed by atoms with van der Waals surface area (Å²) in [6, 6.07) is 21.4. The van der Waals surface area contributed by atoms with E-state index in [4.69, 9.17) is 4.74 Å². The molecule has 0 radical (unpaired) electrons. The van der Waals surface area contributed by atoms with Crippen LogP contribution in [0.15, 0.2) is 83.8 Å². The van der Waals surface area contributed by atoms with Crippen molar-refractivity contribution in [3.8, 4) is 5.75 Å². The number of anilines is 1. The monoisotopic (exact) mass is 565 g/mol. The smallest absolute Gasteiger partial charge is 0.264 e. The SMILES string of the molecule is CCC(C)NC(=O)C(CC)N(Cc1ccccc1C)C(=O)CN(c1ccccc1)S(=O)(=O)c1ccc(OC)cc1. The van der Waals surface area contributed by atoms with Crippen molar-refractivity contribution < 1.29 is 22.7 Å². The summed E-state index contributed by atoms with van der Waals surface area (Å²) in [5.74, 6) is -0.220. The van der Waals surface area contributed by atoms with Crippen LogP contribution in [0.3, 0.4) is 0 Å². The van der Waals surface area contributed by atoms with E-state index in [0.717, 1.165) is 21.9 Å². The third-order valence-electron chi connectivity index (χ3n) is 6.96. The van der Waals surface area contributed by atoms with E-state index >= 15 is 0 Å². The van der Waals surface area contributed by atoms with Crippen molar-refractivity contribution in [2.45, 2.75) is 64.1 Å². The van der Waals surface area contributed by atoms with E-state index < -0.39 is 28.5 Å². The Morgan fingerprint density at radius 1 is 0.900 bits per heavy atom. The number of hydrogen-bond donors (Lipinski definition) is 1. The molecule has 8 nitrogen and oxygen atoms in total. The molecule has 0 saturated carbocycles. The molecule has 1 N–H and O–H groups in total.